The molecule has 0 unspecified atom stereocenters. The predicted molar refractivity (Wildman–Crippen MR) is 171 cm³/mol. The van der Waals surface area contributed by atoms with Crippen LogP contribution >= 0.6 is 0 Å². The molecular weight excluding hydrogens is 508 g/mol. The van der Waals surface area contributed by atoms with Gasteiger partial charge in [-0.05, 0) is 111 Å². The number of fused-ring (bicyclic) bond motifs is 5. The molecule has 4 aliphatic carbocycles. The average molecular weight is 573 g/mol. The fourth-order valence-corrected chi connectivity index (χ4v) is 9.85. The highest BCUT2D eigenvalue weighted by molar-refractivity contribution is 5.67. The number of hydrogen-bond donors (Lipinski definition) is 4. The smallest absolute Gasteiger partial charge is 0.407 e. The molecule has 0 spiro atoms. The summed E-state index contributed by atoms with van der Waals surface area (Å²) in [7, 11) is 0. The van der Waals surface area contributed by atoms with E-state index < -0.39 is 0 Å². The van der Waals surface area contributed by atoms with E-state index in [0.717, 1.165) is 93.9 Å². The van der Waals surface area contributed by atoms with Gasteiger partial charge in [0.2, 0.25) is 0 Å². The summed E-state index contributed by atoms with van der Waals surface area (Å²) < 4.78 is 5.92. The Morgan fingerprint density at radius 3 is 2.46 bits per heavy atom. The predicted octanol–water partition coefficient (Wildman–Crippen LogP) is 6.65. The third kappa shape index (κ3) is 7.89. The minimum atomic E-state index is -0.260. The van der Waals surface area contributed by atoms with Crippen molar-refractivity contribution < 1.29 is 9.53 Å². The summed E-state index contributed by atoms with van der Waals surface area (Å²) in [5.74, 6) is 5.15. The van der Waals surface area contributed by atoms with E-state index in [2.05, 4.69) is 56.6 Å². The molecule has 3 fully saturated rings. The molecule has 4 aliphatic rings. The quantitative estimate of drug-likeness (QED) is 0.130. The lowest BCUT2D eigenvalue weighted by molar-refractivity contribution is -0.0581. The van der Waals surface area contributed by atoms with Gasteiger partial charge in [0.25, 0.3) is 0 Å². The van der Waals surface area contributed by atoms with E-state index in [-0.39, 0.29) is 12.2 Å². The van der Waals surface area contributed by atoms with Crippen molar-refractivity contribution in [2.45, 2.75) is 118 Å². The third-order valence-corrected chi connectivity index (χ3v) is 12.1. The third-order valence-electron chi connectivity index (χ3n) is 12.1. The zero-order chi connectivity index (χ0) is 29.5. The van der Waals surface area contributed by atoms with Gasteiger partial charge in [-0.1, -0.05) is 65.5 Å². The highest BCUT2D eigenvalue weighted by atomic mass is 16.6. The average Bonchev–Trinajstić information content (AvgIpc) is 3.29. The minimum absolute atomic E-state index is 0.0157. The van der Waals surface area contributed by atoms with Gasteiger partial charge in [0.15, 0.2) is 0 Å². The largest absolute Gasteiger partial charge is 0.446 e. The highest BCUT2D eigenvalue weighted by Crippen LogP contribution is 2.67. The van der Waals surface area contributed by atoms with E-state index in [9.17, 15) is 4.79 Å². The Balaban J connectivity index is 1.24. The fourth-order valence-electron chi connectivity index (χ4n) is 9.85. The summed E-state index contributed by atoms with van der Waals surface area (Å²) in [6.45, 7) is 17.4. The van der Waals surface area contributed by atoms with Crippen LogP contribution in [0.15, 0.2) is 11.6 Å². The van der Waals surface area contributed by atoms with Crippen LogP contribution in [0, 0.1) is 46.3 Å². The molecule has 4 rings (SSSR count). The van der Waals surface area contributed by atoms with Crippen molar-refractivity contribution in [2.75, 3.05) is 39.3 Å². The topological polar surface area (TPSA) is 88.4 Å². The number of nitrogens with two attached hydrogens (primary N) is 1. The van der Waals surface area contributed by atoms with Gasteiger partial charge < -0.3 is 26.4 Å². The molecule has 41 heavy (non-hydrogen) atoms. The van der Waals surface area contributed by atoms with Crippen molar-refractivity contribution in [3.8, 4) is 0 Å². The maximum absolute atomic E-state index is 12.5. The van der Waals surface area contributed by atoms with Crippen LogP contribution in [0.4, 0.5) is 4.79 Å². The molecule has 0 heterocycles. The number of carbonyl (C=O) groups is 1. The van der Waals surface area contributed by atoms with Crippen molar-refractivity contribution in [1.29, 1.82) is 0 Å². The van der Waals surface area contributed by atoms with Crippen LogP contribution < -0.4 is 21.7 Å². The maximum Gasteiger partial charge on any atom is 0.407 e. The molecule has 0 aromatic carbocycles. The summed E-state index contributed by atoms with van der Waals surface area (Å²) in [6.07, 6.45) is 17.6. The molecule has 0 saturated heterocycles. The van der Waals surface area contributed by atoms with Gasteiger partial charge in [0.05, 0.1) is 0 Å². The van der Waals surface area contributed by atoms with Crippen LogP contribution in [-0.2, 0) is 4.74 Å². The first-order valence-corrected chi connectivity index (χ1v) is 17.4. The summed E-state index contributed by atoms with van der Waals surface area (Å²) in [5, 5.41) is 9.66. The zero-order valence-corrected chi connectivity index (χ0v) is 27.2. The molecule has 8 atom stereocenters. The van der Waals surface area contributed by atoms with Gasteiger partial charge in [-0.2, -0.15) is 0 Å². The summed E-state index contributed by atoms with van der Waals surface area (Å²) in [5.41, 5.74) is 7.93. The van der Waals surface area contributed by atoms with Crippen molar-refractivity contribution in [3.05, 3.63) is 11.6 Å². The van der Waals surface area contributed by atoms with E-state index in [4.69, 9.17) is 10.5 Å². The number of amides is 1. The second kappa shape index (κ2) is 15.1. The molecule has 5 N–H and O–H groups in total. The molecule has 0 radical (unpaired) electrons. The van der Waals surface area contributed by atoms with Gasteiger partial charge in [0.1, 0.15) is 6.10 Å². The highest BCUT2D eigenvalue weighted by Gasteiger charge is 2.59. The van der Waals surface area contributed by atoms with Gasteiger partial charge in [0, 0.05) is 32.6 Å². The second-order valence-electron chi connectivity index (χ2n) is 15.1. The van der Waals surface area contributed by atoms with Crippen LogP contribution in [-0.4, -0.2) is 51.5 Å². The first-order valence-electron chi connectivity index (χ1n) is 17.4. The first kappa shape index (κ1) is 32.8. The molecule has 0 bridgehead atoms. The van der Waals surface area contributed by atoms with Gasteiger partial charge in [-0.3, -0.25) is 0 Å². The number of allylic oxidation sites excluding steroid dienone is 1. The lowest BCUT2D eigenvalue weighted by atomic mass is 9.47. The molecule has 6 nitrogen and oxygen atoms in total. The Morgan fingerprint density at radius 1 is 0.951 bits per heavy atom. The Morgan fingerprint density at radius 2 is 1.71 bits per heavy atom. The fraction of sp³-hybridized carbons (Fsp3) is 0.914. The molecule has 0 aromatic heterocycles. The van der Waals surface area contributed by atoms with Crippen LogP contribution in [0.5, 0.6) is 0 Å². The van der Waals surface area contributed by atoms with Gasteiger partial charge in [-0.25, -0.2) is 4.79 Å². The van der Waals surface area contributed by atoms with E-state index in [1.54, 1.807) is 5.57 Å². The maximum atomic E-state index is 12.5. The van der Waals surface area contributed by atoms with E-state index >= 15 is 0 Å². The van der Waals surface area contributed by atoms with Crippen LogP contribution in [0.1, 0.15) is 112 Å². The molecular formula is C35H64N4O2. The number of carbonyl (C=O) groups excluding carboxylic acids is 1. The lowest BCUT2D eigenvalue weighted by Gasteiger charge is -2.58. The van der Waals surface area contributed by atoms with E-state index in [1.807, 2.05) is 0 Å². The first-order chi connectivity index (χ1) is 19.7. The van der Waals surface area contributed by atoms with Crippen LogP contribution in [0.2, 0.25) is 0 Å². The van der Waals surface area contributed by atoms with E-state index in [1.165, 1.54) is 51.4 Å². The van der Waals surface area contributed by atoms with E-state index in [0.29, 0.717) is 17.4 Å². The lowest BCUT2D eigenvalue weighted by Crippen LogP contribution is -2.51. The standard InChI is InChI=1S/C35H64N4O2/c1-25(2)8-6-9-26(3)30-12-13-31-29-11-10-27-24-28(14-16-34(27,4)32(29)15-17-35(30,31)5)41-33(40)39-23-22-38-21-20-37-19-7-18-36/h10,25-26,28-32,37-38H,6-9,11-24,36H2,1-5H3,(H,39,40)/t26-,28+,29+,30-,31+,32+,34+,35-/m1/s1. The second-order valence-corrected chi connectivity index (χ2v) is 15.1. The van der Waals surface area contributed by atoms with Crippen molar-refractivity contribution in [1.82, 2.24) is 16.0 Å². The Kier molecular flexibility index (Phi) is 12.0. The van der Waals surface area contributed by atoms with Crippen molar-refractivity contribution in [2.24, 2.45) is 52.1 Å². The van der Waals surface area contributed by atoms with Crippen molar-refractivity contribution in [3.63, 3.8) is 0 Å². The Bertz CT molecular complexity index is 861. The molecule has 0 aromatic rings. The molecule has 236 valence electrons. The monoisotopic (exact) mass is 573 g/mol. The summed E-state index contributed by atoms with van der Waals surface area (Å²) in [4.78, 5) is 12.5. The zero-order valence-electron chi connectivity index (χ0n) is 27.2. The van der Waals surface area contributed by atoms with Crippen LogP contribution in [0.25, 0.3) is 0 Å². The Hall–Kier alpha value is -1.11. The number of ether oxygens (including phenoxy) is 1. The molecule has 6 heteroatoms. The summed E-state index contributed by atoms with van der Waals surface area (Å²) in [6, 6.07) is 0. The number of hydrogen-bond acceptors (Lipinski definition) is 5. The number of alkyl carbamates (subject to hydrolysis) is 1. The molecule has 1 amide bonds. The molecule has 3 saturated carbocycles. The SMILES string of the molecule is CC(C)CCC[C@@H](C)[C@H]1CC[C@H]2[C@@H]3CC=C4C[C@@H](OC(=O)NCCNCCNCCCN)CC[C@]4(C)[C@H]3CC[C@]12C. The number of rotatable bonds is 15. The Labute approximate surface area is 252 Å². The normalized spacial score (nSPS) is 35.3. The molecule has 0 aliphatic heterocycles. The van der Waals surface area contributed by atoms with Gasteiger partial charge in [-0.15, -0.1) is 0 Å². The number of nitrogens with one attached hydrogen (secondary N) is 3. The van der Waals surface area contributed by atoms with Gasteiger partial charge >= 0.3 is 6.09 Å². The minimum Gasteiger partial charge on any atom is -0.446 e. The van der Waals surface area contributed by atoms with Crippen LogP contribution in [0.3, 0.4) is 0 Å². The summed E-state index contributed by atoms with van der Waals surface area (Å²) >= 11 is 0. The van der Waals surface area contributed by atoms with Crippen molar-refractivity contribution >= 4 is 6.09 Å².